The van der Waals surface area contributed by atoms with E-state index in [1.165, 1.54) is 6.92 Å². The van der Waals surface area contributed by atoms with E-state index in [1.807, 2.05) is 6.92 Å². The first kappa shape index (κ1) is 14.1. The number of nitrogens with two attached hydrogens (primary N) is 1. The molecule has 8 heteroatoms. The maximum Gasteiger partial charge on any atom is 0.332 e. The van der Waals surface area contributed by atoms with E-state index in [4.69, 9.17) is 10.8 Å². The lowest BCUT2D eigenvalue weighted by Gasteiger charge is -2.16. The number of hydrogen-bond acceptors (Lipinski definition) is 7. The van der Waals surface area contributed by atoms with Crippen molar-refractivity contribution in [1.82, 2.24) is 9.97 Å². The van der Waals surface area contributed by atoms with Gasteiger partial charge in [-0.25, -0.2) is 4.98 Å². The predicted octanol–water partition coefficient (Wildman–Crippen LogP) is 0.848. The number of aryl methyl sites for hydroxylation is 1. The molecule has 1 aromatic rings. The summed E-state index contributed by atoms with van der Waals surface area (Å²) >= 11 is 0. The molecule has 1 aromatic heterocycles. The summed E-state index contributed by atoms with van der Waals surface area (Å²) in [5.74, 6) is 0.0877. The van der Waals surface area contributed by atoms with Gasteiger partial charge in [0, 0.05) is 12.6 Å². The van der Waals surface area contributed by atoms with Gasteiger partial charge in [-0.1, -0.05) is 6.92 Å². The Kier molecular flexibility index (Phi) is 4.78. The van der Waals surface area contributed by atoms with E-state index in [-0.39, 0.29) is 35.8 Å². The highest BCUT2D eigenvalue weighted by Crippen LogP contribution is 2.26. The monoisotopic (exact) mass is 255 g/mol. The summed E-state index contributed by atoms with van der Waals surface area (Å²) in [5, 5.41) is 22.8. The van der Waals surface area contributed by atoms with Crippen molar-refractivity contribution >= 4 is 17.5 Å². The van der Waals surface area contributed by atoms with Gasteiger partial charge in [0.05, 0.1) is 4.92 Å². The normalized spacial score (nSPS) is 12.2. The Labute approximate surface area is 104 Å². The van der Waals surface area contributed by atoms with Crippen LogP contribution in [0.3, 0.4) is 0 Å². The predicted molar refractivity (Wildman–Crippen MR) is 67.2 cm³/mol. The van der Waals surface area contributed by atoms with Gasteiger partial charge in [0.2, 0.25) is 11.8 Å². The minimum atomic E-state index is -0.539. The van der Waals surface area contributed by atoms with Crippen molar-refractivity contribution in [3.8, 4) is 0 Å². The summed E-state index contributed by atoms with van der Waals surface area (Å²) < 4.78 is 0. The Morgan fingerprint density at radius 3 is 2.72 bits per heavy atom. The molecular formula is C10H17N5O3. The first-order valence-electron chi connectivity index (χ1n) is 5.65. The highest BCUT2D eigenvalue weighted by atomic mass is 16.6. The van der Waals surface area contributed by atoms with Gasteiger partial charge in [-0.3, -0.25) is 10.1 Å². The van der Waals surface area contributed by atoms with Crippen LogP contribution < -0.4 is 11.1 Å². The van der Waals surface area contributed by atoms with Crippen LogP contribution in [-0.2, 0) is 0 Å². The molecule has 0 saturated heterocycles. The van der Waals surface area contributed by atoms with E-state index in [9.17, 15) is 10.1 Å². The fraction of sp³-hybridized carbons (Fsp3) is 0.600. The molecule has 0 aliphatic carbocycles. The number of rotatable bonds is 6. The van der Waals surface area contributed by atoms with Crippen molar-refractivity contribution in [2.24, 2.45) is 0 Å². The van der Waals surface area contributed by atoms with Crippen molar-refractivity contribution in [2.45, 2.75) is 32.7 Å². The van der Waals surface area contributed by atoms with Gasteiger partial charge in [0.1, 0.15) is 5.69 Å². The Bertz CT molecular complexity index is 438. The van der Waals surface area contributed by atoms with E-state index in [2.05, 4.69) is 15.3 Å². The number of nitrogen functional groups attached to an aromatic ring is 1. The van der Waals surface area contributed by atoms with Gasteiger partial charge in [0.15, 0.2) is 0 Å². The summed E-state index contributed by atoms with van der Waals surface area (Å²) in [7, 11) is 0. The number of aromatic nitrogens is 2. The first-order chi connectivity index (χ1) is 8.49. The minimum absolute atomic E-state index is 0.00114. The summed E-state index contributed by atoms with van der Waals surface area (Å²) in [5.41, 5.74) is 5.52. The molecular weight excluding hydrogens is 238 g/mol. The van der Waals surface area contributed by atoms with Crippen LogP contribution in [0.25, 0.3) is 0 Å². The van der Waals surface area contributed by atoms with E-state index in [0.29, 0.717) is 12.8 Å². The molecule has 1 heterocycles. The smallest absolute Gasteiger partial charge is 0.332 e. The van der Waals surface area contributed by atoms with Crippen LogP contribution in [0.1, 0.15) is 25.5 Å². The molecule has 0 spiro atoms. The van der Waals surface area contributed by atoms with Crippen LogP contribution in [0, 0.1) is 17.0 Å². The molecule has 1 unspecified atom stereocenters. The number of hydrogen-bond donors (Lipinski definition) is 3. The molecule has 0 bridgehead atoms. The van der Waals surface area contributed by atoms with Gasteiger partial charge in [-0.2, -0.15) is 4.98 Å². The number of nitro groups is 1. The van der Waals surface area contributed by atoms with Gasteiger partial charge in [-0.15, -0.1) is 0 Å². The molecule has 0 saturated carbocycles. The maximum atomic E-state index is 11.0. The number of nitrogens with zero attached hydrogens (tertiary/aromatic N) is 3. The number of nitrogens with one attached hydrogen (secondary N) is 1. The second-order valence-electron chi connectivity index (χ2n) is 3.88. The van der Waals surface area contributed by atoms with Gasteiger partial charge in [-0.05, 0) is 19.8 Å². The Balaban J connectivity index is 3.09. The third-order valence-electron chi connectivity index (χ3n) is 2.57. The molecule has 4 N–H and O–H groups in total. The molecule has 0 amide bonds. The Morgan fingerprint density at radius 2 is 2.22 bits per heavy atom. The van der Waals surface area contributed by atoms with Crippen molar-refractivity contribution < 1.29 is 10.0 Å². The second kappa shape index (κ2) is 6.10. The lowest BCUT2D eigenvalue weighted by molar-refractivity contribution is -0.385. The van der Waals surface area contributed by atoms with Crippen molar-refractivity contribution in [3.63, 3.8) is 0 Å². The summed E-state index contributed by atoms with van der Waals surface area (Å²) in [6.07, 6.45) is 1.19. The third kappa shape index (κ3) is 3.27. The second-order valence-corrected chi connectivity index (χ2v) is 3.88. The maximum absolute atomic E-state index is 11.0. The largest absolute Gasteiger partial charge is 0.396 e. The first-order valence-corrected chi connectivity index (χ1v) is 5.65. The van der Waals surface area contributed by atoms with Gasteiger partial charge >= 0.3 is 5.69 Å². The number of anilines is 2. The molecule has 8 nitrogen and oxygen atoms in total. The van der Waals surface area contributed by atoms with Crippen LogP contribution in [-0.4, -0.2) is 32.6 Å². The topological polar surface area (TPSA) is 127 Å². The summed E-state index contributed by atoms with van der Waals surface area (Å²) in [6, 6.07) is -0.0950. The van der Waals surface area contributed by atoms with E-state index < -0.39 is 4.92 Å². The molecule has 1 rings (SSSR count). The molecule has 1 atom stereocenters. The molecule has 0 aliphatic heterocycles. The zero-order chi connectivity index (χ0) is 13.7. The van der Waals surface area contributed by atoms with Crippen molar-refractivity contribution in [1.29, 1.82) is 0 Å². The average molecular weight is 255 g/mol. The third-order valence-corrected chi connectivity index (χ3v) is 2.57. The lowest BCUT2D eigenvalue weighted by atomic mass is 10.1. The Hall–Kier alpha value is -1.96. The molecule has 0 aliphatic rings. The zero-order valence-corrected chi connectivity index (χ0v) is 10.4. The van der Waals surface area contributed by atoms with Crippen LogP contribution in [0.2, 0.25) is 0 Å². The minimum Gasteiger partial charge on any atom is -0.396 e. The van der Waals surface area contributed by atoms with Crippen molar-refractivity contribution in [3.05, 3.63) is 15.8 Å². The Morgan fingerprint density at radius 1 is 1.56 bits per heavy atom. The molecule has 100 valence electrons. The lowest BCUT2D eigenvalue weighted by Crippen LogP contribution is -2.22. The molecule has 0 aromatic carbocycles. The van der Waals surface area contributed by atoms with E-state index >= 15 is 0 Å². The highest BCUT2D eigenvalue weighted by Gasteiger charge is 2.23. The average Bonchev–Trinajstić information content (AvgIpc) is 2.26. The molecule has 0 fully saturated rings. The molecule has 0 radical (unpaired) electrons. The standard InChI is InChI=1S/C10H17N5O3/c1-3-7(4-5-16)13-9-8(15(17)18)6(2)12-10(11)14-9/h7,16H,3-5H2,1-2H3,(H3,11,12,13,14). The van der Waals surface area contributed by atoms with Crippen LogP contribution >= 0.6 is 0 Å². The number of aliphatic hydroxyl groups excluding tert-OH is 1. The van der Waals surface area contributed by atoms with Crippen LogP contribution in [0.4, 0.5) is 17.5 Å². The SMILES string of the molecule is CCC(CCO)Nc1nc(N)nc(C)c1[N+](=O)[O-]. The zero-order valence-electron chi connectivity index (χ0n) is 10.4. The van der Waals surface area contributed by atoms with E-state index in [0.717, 1.165) is 0 Å². The highest BCUT2D eigenvalue weighted by molar-refractivity contribution is 5.60. The fourth-order valence-corrected chi connectivity index (χ4v) is 1.64. The van der Waals surface area contributed by atoms with E-state index in [1.54, 1.807) is 0 Å². The van der Waals surface area contributed by atoms with Gasteiger partial charge < -0.3 is 16.2 Å². The summed E-state index contributed by atoms with van der Waals surface area (Å²) in [6.45, 7) is 3.42. The van der Waals surface area contributed by atoms with Gasteiger partial charge in [0.25, 0.3) is 0 Å². The van der Waals surface area contributed by atoms with Crippen molar-refractivity contribution in [2.75, 3.05) is 17.7 Å². The van der Waals surface area contributed by atoms with Crippen LogP contribution in [0.5, 0.6) is 0 Å². The fourth-order valence-electron chi connectivity index (χ4n) is 1.64. The molecule has 18 heavy (non-hydrogen) atoms. The number of aliphatic hydroxyl groups is 1. The summed E-state index contributed by atoms with van der Waals surface area (Å²) in [4.78, 5) is 18.1. The van der Waals surface area contributed by atoms with Crippen LogP contribution in [0.15, 0.2) is 0 Å². The quantitative estimate of drug-likeness (QED) is 0.507.